The minimum absolute atomic E-state index is 0.0680. The number of hydrogen-bond acceptors (Lipinski definition) is 4. The highest BCUT2D eigenvalue weighted by atomic mass is 32.1. The Bertz CT molecular complexity index is 871. The summed E-state index contributed by atoms with van der Waals surface area (Å²) in [5, 5.41) is 9.85. The smallest absolute Gasteiger partial charge is 0.225 e. The van der Waals surface area contributed by atoms with Crippen LogP contribution in [-0.2, 0) is 30.6 Å². The third-order valence-corrected chi connectivity index (χ3v) is 5.60. The maximum atomic E-state index is 12.1. The highest BCUT2D eigenvalue weighted by Gasteiger charge is 2.22. The van der Waals surface area contributed by atoms with Gasteiger partial charge in [0.1, 0.15) is 5.69 Å². The van der Waals surface area contributed by atoms with Crippen LogP contribution in [0.25, 0.3) is 11.4 Å². The van der Waals surface area contributed by atoms with E-state index < -0.39 is 0 Å². The third-order valence-electron chi connectivity index (χ3n) is 4.73. The molecule has 6 heteroatoms. The first-order valence-electron chi connectivity index (χ1n) is 9.10. The van der Waals surface area contributed by atoms with Crippen molar-refractivity contribution in [1.82, 2.24) is 20.1 Å². The molecule has 0 atom stereocenters. The molecule has 3 heterocycles. The summed E-state index contributed by atoms with van der Waals surface area (Å²) in [6.45, 7) is 1.30. The van der Waals surface area contributed by atoms with Gasteiger partial charge in [0.2, 0.25) is 5.91 Å². The van der Waals surface area contributed by atoms with E-state index >= 15 is 0 Å². The van der Waals surface area contributed by atoms with Gasteiger partial charge in [-0.05, 0) is 49.3 Å². The van der Waals surface area contributed by atoms with E-state index in [4.69, 9.17) is 5.10 Å². The van der Waals surface area contributed by atoms with E-state index in [1.54, 1.807) is 11.3 Å². The molecule has 0 radical (unpaired) electrons. The monoisotopic (exact) mass is 366 g/mol. The number of carbonyl (C=O) groups excluding carboxylic acids is 1. The van der Waals surface area contributed by atoms with Crippen LogP contribution in [0.15, 0.2) is 41.9 Å². The van der Waals surface area contributed by atoms with Crippen LogP contribution in [0.5, 0.6) is 0 Å². The lowest BCUT2D eigenvalue weighted by atomic mass is 9.95. The molecule has 0 spiro atoms. The first kappa shape index (κ1) is 17.0. The molecule has 0 bridgehead atoms. The summed E-state index contributed by atoms with van der Waals surface area (Å²) in [5.41, 5.74) is 4.58. The quantitative estimate of drug-likeness (QED) is 0.728. The maximum Gasteiger partial charge on any atom is 0.225 e. The zero-order chi connectivity index (χ0) is 17.8. The van der Waals surface area contributed by atoms with Crippen molar-refractivity contribution in [2.75, 3.05) is 6.54 Å². The molecule has 0 aromatic carbocycles. The summed E-state index contributed by atoms with van der Waals surface area (Å²) in [4.78, 5) is 17.6. The average molecular weight is 366 g/mol. The van der Waals surface area contributed by atoms with E-state index in [0.717, 1.165) is 29.1 Å². The molecule has 1 amide bonds. The van der Waals surface area contributed by atoms with Crippen LogP contribution in [0.1, 0.15) is 29.0 Å². The maximum absolute atomic E-state index is 12.1. The highest BCUT2D eigenvalue weighted by Crippen LogP contribution is 2.30. The van der Waals surface area contributed by atoms with Crippen molar-refractivity contribution >= 4 is 17.2 Å². The minimum atomic E-state index is 0.0680. The predicted molar refractivity (Wildman–Crippen MR) is 103 cm³/mol. The van der Waals surface area contributed by atoms with Gasteiger partial charge >= 0.3 is 0 Å². The number of thiophene rings is 1. The van der Waals surface area contributed by atoms with Crippen molar-refractivity contribution in [2.45, 2.75) is 38.6 Å². The van der Waals surface area contributed by atoms with Crippen molar-refractivity contribution in [3.63, 3.8) is 0 Å². The Morgan fingerprint density at radius 2 is 2.12 bits per heavy atom. The van der Waals surface area contributed by atoms with Gasteiger partial charge in [-0.25, -0.2) is 0 Å². The Morgan fingerprint density at radius 1 is 1.19 bits per heavy atom. The van der Waals surface area contributed by atoms with Gasteiger partial charge in [-0.15, -0.1) is 11.3 Å². The predicted octanol–water partition coefficient (Wildman–Crippen LogP) is 3.24. The van der Waals surface area contributed by atoms with Crippen LogP contribution in [-0.4, -0.2) is 27.2 Å². The number of nitrogens with one attached hydrogen (secondary N) is 1. The zero-order valence-corrected chi connectivity index (χ0v) is 15.5. The van der Waals surface area contributed by atoms with E-state index in [9.17, 15) is 4.79 Å². The van der Waals surface area contributed by atoms with Gasteiger partial charge in [-0.3, -0.25) is 14.5 Å². The van der Waals surface area contributed by atoms with Crippen LogP contribution in [0, 0.1) is 0 Å². The van der Waals surface area contributed by atoms with Gasteiger partial charge in [0.25, 0.3) is 0 Å². The minimum Gasteiger partial charge on any atom is -0.354 e. The largest absolute Gasteiger partial charge is 0.354 e. The van der Waals surface area contributed by atoms with Crippen molar-refractivity contribution < 1.29 is 4.79 Å². The summed E-state index contributed by atoms with van der Waals surface area (Å²) in [6.07, 6.45) is 6.79. The number of amides is 1. The molecular weight excluding hydrogens is 344 g/mol. The fourth-order valence-corrected chi connectivity index (χ4v) is 4.20. The summed E-state index contributed by atoms with van der Waals surface area (Å²) >= 11 is 1.62. The summed E-state index contributed by atoms with van der Waals surface area (Å²) in [7, 11) is 0. The molecule has 26 heavy (non-hydrogen) atoms. The van der Waals surface area contributed by atoms with Crippen LogP contribution in [0.3, 0.4) is 0 Å². The van der Waals surface area contributed by atoms with Crippen LogP contribution in [0.4, 0.5) is 0 Å². The Hall–Kier alpha value is -2.47. The Morgan fingerprint density at radius 3 is 2.92 bits per heavy atom. The SMILES string of the molecule is O=C(Cc1cccs1)NCCn1nc(-c2ccccn2)c2c1CCCC2. The van der Waals surface area contributed by atoms with E-state index in [-0.39, 0.29) is 5.91 Å². The van der Waals surface area contributed by atoms with Crippen molar-refractivity contribution in [3.05, 3.63) is 58.0 Å². The molecule has 4 rings (SSSR count). The molecule has 3 aromatic heterocycles. The molecule has 0 aliphatic heterocycles. The van der Waals surface area contributed by atoms with Gasteiger partial charge in [0, 0.05) is 28.9 Å². The normalized spacial score (nSPS) is 13.4. The Balaban J connectivity index is 1.45. The molecule has 0 unspecified atom stereocenters. The molecule has 1 aliphatic carbocycles. The van der Waals surface area contributed by atoms with Gasteiger partial charge in [-0.1, -0.05) is 12.1 Å². The van der Waals surface area contributed by atoms with Crippen LogP contribution < -0.4 is 5.32 Å². The fraction of sp³-hybridized carbons (Fsp3) is 0.350. The first-order valence-corrected chi connectivity index (χ1v) is 9.98. The second-order valence-electron chi connectivity index (χ2n) is 6.53. The number of nitrogens with zero attached hydrogens (tertiary/aromatic N) is 3. The van der Waals surface area contributed by atoms with Crippen molar-refractivity contribution in [3.8, 4) is 11.4 Å². The lowest BCUT2D eigenvalue weighted by molar-refractivity contribution is -0.120. The van der Waals surface area contributed by atoms with Crippen molar-refractivity contribution in [1.29, 1.82) is 0 Å². The Labute approximate surface area is 157 Å². The second-order valence-corrected chi connectivity index (χ2v) is 7.56. The lowest BCUT2D eigenvalue weighted by Gasteiger charge is -2.14. The highest BCUT2D eigenvalue weighted by molar-refractivity contribution is 7.10. The molecule has 3 aromatic rings. The van der Waals surface area contributed by atoms with E-state index in [0.29, 0.717) is 19.5 Å². The Kier molecular flexibility index (Phi) is 5.11. The first-order chi connectivity index (χ1) is 12.8. The van der Waals surface area contributed by atoms with E-state index in [1.165, 1.54) is 24.1 Å². The van der Waals surface area contributed by atoms with Gasteiger partial charge < -0.3 is 5.32 Å². The number of pyridine rings is 1. The standard InChI is InChI=1S/C20H22N4OS/c25-19(14-15-6-5-13-26-15)22-11-12-24-18-9-2-1-7-16(18)20(23-24)17-8-3-4-10-21-17/h3-6,8,10,13H,1-2,7,9,11-12,14H2,(H,22,25). The summed E-state index contributed by atoms with van der Waals surface area (Å²) in [5.74, 6) is 0.0680. The molecule has 0 saturated carbocycles. The average Bonchev–Trinajstić information content (AvgIpc) is 3.31. The number of hydrogen-bond donors (Lipinski definition) is 1. The number of aromatic nitrogens is 3. The van der Waals surface area contributed by atoms with Gasteiger partial charge in [0.05, 0.1) is 18.7 Å². The number of rotatable bonds is 6. The third kappa shape index (κ3) is 3.70. The zero-order valence-electron chi connectivity index (χ0n) is 14.6. The van der Waals surface area contributed by atoms with Gasteiger partial charge in [-0.2, -0.15) is 5.10 Å². The second kappa shape index (κ2) is 7.83. The number of carbonyl (C=O) groups is 1. The molecular formula is C20H22N4OS. The summed E-state index contributed by atoms with van der Waals surface area (Å²) in [6, 6.07) is 9.91. The summed E-state index contributed by atoms with van der Waals surface area (Å²) < 4.78 is 2.07. The molecule has 1 aliphatic rings. The van der Waals surface area contributed by atoms with Crippen LogP contribution >= 0.6 is 11.3 Å². The molecule has 5 nitrogen and oxygen atoms in total. The fourth-order valence-electron chi connectivity index (χ4n) is 3.50. The van der Waals surface area contributed by atoms with Gasteiger partial charge in [0.15, 0.2) is 0 Å². The van der Waals surface area contributed by atoms with Crippen molar-refractivity contribution in [2.24, 2.45) is 0 Å². The molecule has 134 valence electrons. The van der Waals surface area contributed by atoms with E-state index in [1.807, 2.05) is 41.9 Å². The van der Waals surface area contributed by atoms with Crippen LogP contribution in [0.2, 0.25) is 0 Å². The topological polar surface area (TPSA) is 59.8 Å². The molecule has 0 fully saturated rings. The molecule has 1 N–H and O–H groups in total. The molecule has 0 saturated heterocycles. The number of fused-ring (bicyclic) bond motifs is 1. The lowest BCUT2D eigenvalue weighted by Crippen LogP contribution is -2.29. The van der Waals surface area contributed by atoms with E-state index in [2.05, 4.69) is 15.0 Å².